The zero-order valence-electron chi connectivity index (χ0n) is 15.8. The third kappa shape index (κ3) is 3.54. The number of aromatic nitrogens is 4. The first-order valence-electron chi connectivity index (χ1n) is 9.75. The number of aliphatic hydroxyl groups is 2. The lowest BCUT2D eigenvalue weighted by atomic mass is 10.1. The van der Waals surface area contributed by atoms with E-state index in [1.165, 1.54) is 6.33 Å². The second-order valence-corrected chi connectivity index (χ2v) is 7.39. The van der Waals surface area contributed by atoms with Gasteiger partial charge in [-0.3, -0.25) is 4.79 Å². The molecule has 4 N–H and O–H groups in total. The fourth-order valence-electron chi connectivity index (χ4n) is 3.97. The Morgan fingerprint density at radius 2 is 2.04 bits per heavy atom. The number of aliphatic hydroxyl groups excluding tert-OH is 2. The van der Waals surface area contributed by atoms with Gasteiger partial charge in [-0.05, 0) is 19.3 Å². The fraction of sp³-hybridized carbons (Fsp3) is 0.667. The van der Waals surface area contributed by atoms with Gasteiger partial charge in [0.25, 0.3) is 0 Å². The molecule has 1 saturated carbocycles. The highest BCUT2D eigenvalue weighted by atomic mass is 16.5. The molecule has 0 aromatic carbocycles. The molecule has 0 bridgehead atoms. The minimum atomic E-state index is -1.04. The van der Waals surface area contributed by atoms with E-state index in [9.17, 15) is 15.0 Å². The lowest BCUT2D eigenvalue weighted by Crippen LogP contribution is -2.42. The highest BCUT2D eigenvalue weighted by molar-refractivity contribution is 5.83. The van der Waals surface area contributed by atoms with Crippen LogP contribution in [0.1, 0.15) is 38.6 Å². The van der Waals surface area contributed by atoms with E-state index in [0.29, 0.717) is 29.8 Å². The van der Waals surface area contributed by atoms with Crippen LogP contribution in [0.3, 0.4) is 0 Å². The number of fused-ring (bicyclic) bond motifs is 1. The number of nitrogens with zero attached hydrogens (tertiary/aromatic N) is 4. The summed E-state index contributed by atoms with van der Waals surface area (Å²) in [5, 5.41) is 27.1. The van der Waals surface area contributed by atoms with Crippen molar-refractivity contribution in [3.05, 3.63) is 12.7 Å². The lowest BCUT2D eigenvalue weighted by Gasteiger charge is -2.23. The zero-order valence-corrected chi connectivity index (χ0v) is 15.8. The normalized spacial score (nSPS) is 28.5. The van der Waals surface area contributed by atoms with Crippen molar-refractivity contribution in [3.63, 3.8) is 0 Å². The van der Waals surface area contributed by atoms with Crippen molar-refractivity contribution in [1.82, 2.24) is 24.8 Å². The summed E-state index contributed by atoms with van der Waals surface area (Å²) in [4.78, 5) is 24.8. The van der Waals surface area contributed by atoms with Crippen molar-refractivity contribution in [2.75, 3.05) is 18.5 Å². The van der Waals surface area contributed by atoms with Gasteiger partial charge in [-0.15, -0.1) is 0 Å². The molecule has 2 fully saturated rings. The summed E-state index contributed by atoms with van der Waals surface area (Å²) in [6.07, 6.45) is 3.53. The molecule has 2 aromatic rings. The van der Waals surface area contributed by atoms with Crippen LogP contribution in [0.25, 0.3) is 11.2 Å². The Labute approximate surface area is 162 Å². The van der Waals surface area contributed by atoms with Crippen LogP contribution in [0.4, 0.5) is 5.82 Å². The van der Waals surface area contributed by atoms with Gasteiger partial charge in [0.2, 0.25) is 5.91 Å². The first-order valence-corrected chi connectivity index (χ1v) is 9.75. The molecule has 4 unspecified atom stereocenters. The molecule has 0 spiro atoms. The SMILES string of the molecule is CCC(=O)NC1CC(n2cnc3c(NC4CCOCC4)ncnc32)C(O)C1O. The van der Waals surface area contributed by atoms with E-state index in [2.05, 4.69) is 25.6 Å². The van der Waals surface area contributed by atoms with Crippen LogP contribution in [-0.4, -0.2) is 73.1 Å². The summed E-state index contributed by atoms with van der Waals surface area (Å²) >= 11 is 0. The highest BCUT2D eigenvalue weighted by Gasteiger charge is 2.43. The predicted molar refractivity (Wildman–Crippen MR) is 101 cm³/mol. The molecule has 3 heterocycles. The van der Waals surface area contributed by atoms with Crippen LogP contribution < -0.4 is 10.6 Å². The number of carbonyl (C=O) groups excluding carboxylic acids is 1. The number of rotatable bonds is 5. The Morgan fingerprint density at radius 3 is 2.79 bits per heavy atom. The molecule has 1 saturated heterocycles. The van der Waals surface area contributed by atoms with Gasteiger partial charge in [-0.1, -0.05) is 6.92 Å². The number of hydrogen-bond acceptors (Lipinski definition) is 8. The van der Waals surface area contributed by atoms with Crippen LogP contribution >= 0.6 is 0 Å². The van der Waals surface area contributed by atoms with E-state index in [4.69, 9.17) is 4.74 Å². The van der Waals surface area contributed by atoms with Crippen molar-refractivity contribution in [1.29, 1.82) is 0 Å². The van der Waals surface area contributed by atoms with Gasteiger partial charge in [-0.25, -0.2) is 15.0 Å². The molecule has 2 aliphatic rings. The quantitative estimate of drug-likeness (QED) is 0.559. The molecule has 152 valence electrons. The van der Waals surface area contributed by atoms with Crippen molar-refractivity contribution >= 4 is 22.9 Å². The maximum atomic E-state index is 11.7. The van der Waals surface area contributed by atoms with Gasteiger partial charge in [0.15, 0.2) is 11.5 Å². The van der Waals surface area contributed by atoms with E-state index in [1.54, 1.807) is 17.8 Å². The summed E-state index contributed by atoms with van der Waals surface area (Å²) < 4.78 is 7.15. The first kappa shape index (κ1) is 19.0. The molecule has 1 aliphatic heterocycles. The molecule has 10 heteroatoms. The minimum absolute atomic E-state index is 0.155. The van der Waals surface area contributed by atoms with E-state index in [1.807, 2.05) is 0 Å². The molecule has 4 rings (SSSR count). The number of amides is 1. The number of carbonyl (C=O) groups is 1. The van der Waals surface area contributed by atoms with E-state index >= 15 is 0 Å². The van der Waals surface area contributed by atoms with Gasteiger partial charge < -0.3 is 30.2 Å². The number of ether oxygens (including phenoxy) is 1. The van der Waals surface area contributed by atoms with E-state index in [0.717, 1.165) is 26.1 Å². The summed E-state index contributed by atoms with van der Waals surface area (Å²) in [6.45, 7) is 3.19. The predicted octanol–water partition coefficient (Wildman–Crippen LogP) is -0.0214. The zero-order chi connectivity index (χ0) is 19.7. The molecular weight excluding hydrogens is 364 g/mol. The minimum Gasteiger partial charge on any atom is -0.388 e. The maximum absolute atomic E-state index is 11.7. The van der Waals surface area contributed by atoms with Crippen LogP contribution in [-0.2, 0) is 9.53 Å². The number of anilines is 1. The molecule has 0 radical (unpaired) electrons. The Kier molecular flexibility index (Phi) is 5.42. The van der Waals surface area contributed by atoms with Crippen LogP contribution in [0, 0.1) is 0 Å². The average molecular weight is 390 g/mol. The van der Waals surface area contributed by atoms with Crippen molar-refractivity contribution < 1.29 is 19.7 Å². The van der Waals surface area contributed by atoms with Gasteiger partial charge in [-0.2, -0.15) is 0 Å². The summed E-state index contributed by atoms with van der Waals surface area (Å²) in [7, 11) is 0. The molecule has 10 nitrogen and oxygen atoms in total. The largest absolute Gasteiger partial charge is 0.388 e. The second-order valence-electron chi connectivity index (χ2n) is 7.39. The van der Waals surface area contributed by atoms with Crippen LogP contribution in [0.15, 0.2) is 12.7 Å². The third-order valence-electron chi connectivity index (χ3n) is 5.60. The smallest absolute Gasteiger partial charge is 0.220 e. The third-order valence-corrected chi connectivity index (χ3v) is 5.60. The van der Waals surface area contributed by atoms with Crippen LogP contribution in [0.2, 0.25) is 0 Å². The van der Waals surface area contributed by atoms with Crippen molar-refractivity contribution in [2.24, 2.45) is 0 Å². The number of imidazole rings is 1. The molecule has 2 aromatic heterocycles. The van der Waals surface area contributed by atoms with Gasteiger partial charge in [0, 0.05) is 25.7 Å². The lowest BCUT2D eigenvalue weighted by molar-refractivity contribution is -0.122. The topological polar surface area (TPSA) is 134 Å². The highest BCUT2D eigenvalue weighted by Crippen LogP contribution is 2.34. The van der Waals surface area contributed by atoms with Gasteiger partial charge >= 0.3 is 0 Å². The van der Waals surface area contributed by atoms with Crippen LogP contribution in [0.5, 0.6) is 0 Å². The van der Waals surface area contributed by atoms with E-state index in [-0.39, 0.29) is 11.9 Å². The molecule has 28 heavy (non-hydrogen) atoms. The number of nitrogens with one attached hydrogen (secondary N) is 2. The van der Waals surface area contributed by atoms with Gasteiger partial charge in [0.05, 0.1) is 18.4 Å². The fourth-order valence-corrected chi connectivity index (χ4v) is 3.97. The molecule has 4 atom stereocenters. The Bertz CT molecular complexity index is 837. The van der Waals surface area contributed by atoms with Gasteiger partial charge in [0.1, 0.15) is 24.1 Å². The Hall–Kier alpha value is -2.30. The van der Waals surface area contributed by atoms with Crippen molar-refractivity contribution in [2.45, 2.75) is 62.9 Å². The molecule has 1 amide bonds. The molecule has 1 aliphatic carbocycles. The standard InChI is InChI=1S/C18H26N6O4/c1-2-13(25)23-11-7-12(16(27)15(11)26)24-9-21-14-17(19-8-20-18(14)24)22-10-3-5-28-6-4-10/h8-12,15-16,26-27H,2-7H2,1H3,(H,23,25)(H,19,20,22). The molecular formula is C18H26N6O4. The monoisotopic (exact) mass is 390 g/mol. The van der Waals surface area contributed by atoms with E-state index < -0.39 is 24.3 Å². The maximum Gasteiger partial charge on any atom is 0.220 e. The summed E-state index contributed by atoms with van der Waals surface area (Å²) in [5.74, 6) is 0.497. The second kappa shape index (κ2) is 7.98. The summed E-state index contributed by atoms with van der Waals surface area (Å²) in [5.41, 5.74) is 1.21. The first-order chi connectivity index (χ1) is 13.6. The summed E-state index contributed by atoms with van der Waals surface area (Å²) in [6, 6.07) is -0.677. The van der Waals surface area contributed by atoms with Crippen molar-refractivity contribution in [3.8, 4) is 0 Å². The average Bonchev–Trinajstić information content (AvgIpc) is 3.26. The Balaban J connectivity index is 1.57. The Morgan fingerprint density at radius 1 is 1.25 bits per heavy atom. The number of hydrogen-bond donors (Lipinski definition) is 4.